The quantitative estimate of drug-likeness (QED) is 0.0357. The third kappa shape index (κ3) is 20.2. The van der Waals surface area contributed by atoms with Crippen LogP contribution in [0.1, 0.15) is 158 Å². The molecule has 2 unspecified atom stereocenters. The van der Waals surface area contributed by atoms with Crippen LogP contribution in [0.25, 0.3) is 0 Å². The Labute approximate surface area is 291 Å². The van der Waals surface area contributed by atoms with Crippen LogP contribution < -0.4 is 0 Å². The molecule has 0 saturated heterocycles. The predicted molar refractivity (Wildman–Crippen MR) is 204 cm³/mol. The van der Waals surface area contributed by atoms with Crippen LogP contribution in [-0.4, -0.2) is 67.0 Å². The minimum atomic E-state index is -2.84. The Morgan fingerprint density at radius 2 is 0.614 bits per heavy atom. The van der Waals surface area contributed by atoms with Crippen molar-refractivity contribution in [2.24, 2.45) is 0 Å². The highest BCUT2D eigenvalue weighted by atomic mass is 33.7. The number of hydrogen-bond acceptors (Lipinski definition) is 10. The van der Waals surface area contributed by atoms with Crippen LogP contribution in [0.15, 0.2) is 0 Å². The summed E-state index contributed by atoms with van der Waals surface area (Å²) in [6.07, 6.45) is 20.3. The lowest BCUT2D eigenvalue weighted by molar-refractivity contribution is 0.0679. The lowest BCUT2D eigenvalue weighted by Crippen LogP contribution is -2.55. The van der Waals surface area contributed by atoms with Gasteiger partial charge in [-0.1, -0.05) is 125 Å². The molecule has 2 atom stereocenters. The van der Waals surface area contributed by atoms with E-state index in [1.165, 1.54) is 89.9 Å². The monoisotopic (exact) mass is 734 g/mol. The van der Waals surface area contributed by atoms with E-state index in [-0.39, 0.29) is 9.75 Å². The first-order valence-electron chi connectivity index (χ1n) is 18.0. The van der Waals surface area contributed by atoms with Gasteiger partial charge < -0.3 is 26.6 Å². The molecule has 0 heterocycles. The van der Waals surface area contributed by atoms with E-state index >= 15 is 0 Å². The third-order valence-electron chi connectivity index (χ3n) is 7.34. The minimum absolute atomic E-state index is 0.199. The normalized spacial score (nSPS) is 13.9. The van der Waals surface area contributed by atoms with E-state index in [0.717, 1.165) is 12.8 Å². The van der Waals surface area contributed by atoms with E-state index < -0.39 is 17.6 Å². The van der Waals surface area contributed by atoms with Crippen molar-refractivity contribution >= 4 is 58.8 Å². The van der Waals surface area contributed by atoms with Crippen LogP contribution in [0.4, 0.5) is 0 Å². The Morgan fingerprint density at radius 1 is 0.364 bits per heavy atom. The molecular weight excluding hydrogens is 665 g/mol. The fourth-order valence-electron chi connectivity index (χ4n) is 5.28. The molecule has 0 aliphatic heterocycles. The first-order valence-corrected chi connectivity index (χ1v) is 26.5. The standard InChI is InChI=1S/C32H70O6S4Si2/c1-9-17-19-21-23-25-27-29-31(43(33-11-3,34-12-4)35-13-5)39-41-42-40-32(30-28-26-24-22-20-18-10-2)44(36-14-6,37-15-7)38-16-8/h31-32H,9-30H2,1-8H3. The molecule has 0 amide bonds. The molecule has 0 aromatic heterocycles. The van der Waals surface area contributed by atoms with Gasteiger partial charge in [0.05, 0.1) is 9.75 Å². The van der Waals surface area contributed by atoms with Crippen LogP contribution >= 0.6 is 41.2 Å². The maximum absolute atomic E-state index is 6.40. The van der Waals surface area contributed by atoms with Crippen LogP contribution in [0.2, 0.25) is 0 Å². The Bertz CT molecular complexity index is 531. The van der Waals surface area contributed by atoms with Gasteiger partial charge in [-0.25, -0.2) is 0 Å². The van der Waals surface area contributed by atoms with Gasteiger partial charge in [0.1, 0.15) is 0 Å². The van der Waals surface area contributed by atoms with Gasteiger partial charge in [0.2, 0.25) is 0 Å². The zero-order chi connectivity index (χ0) is 32.8. The Kier molecular flexibility index (Phi) is 33.0. The molecular formula is C32H70O6S4Si2. The summed E-state index contributed by atoms with van der Waals surface area (Å²) in [5, 5.41) is 0. The second-order valence-corrected chi connectivity index (χ2v) is 23.5. The van der Waals surface area contributed by atoms with E-state index in [9.17, 15) is 0 Å². The van der Waals surface area contributed by atoms with E-state index in [4.69, 9.17) is 26.6 Å². The van der Waals surface area contributed by atoms with E-state index in [1.807, 2.05) is 41.2 Å². The fourth-order valence-corrected chi connectivity index (χ4v) is 23.0. The summed E-state index contributed by atoms with van der Waals surface area (Å²) in [6, 6.07) is 0. The molecule has 0 rings (SSSR count). The highest BCUT2D eigenvalue weighted by Crippen LogP contribution is 2.51. The summed E-state index contributed by atoms with van der Waals surface area (Å²) < 4.78 is 38.4. The summed E-state index contributed by atoms with van der Waals surface area (Å²) in [5.41, 5.74) is 0. The Hall–Kier alpha value is 1.59. The van der Waals surface area contributed by atoms with Gasteiger partial charge in [-0.05, 0) is 74.0 Å². The molecule has 266 valence electrons. The molecule has 0 radical (unpaired) electrons. The van der Waals surface area contributed by atoms with Crippen LogP contribution in [0.3, 0.4) is 0 Å². The summed E-state index contributed by atoms with van der Waals surface area (Å²) in [4.78, 5) is 0.399. The average molecular weight is 735 g/mol. The molecule has 0 aliphatic carbocycles. The molecule has 0 aromatic carbocycles. The SMILES string of the molecule is CCCCCCCCCC(SSSSC(CCCCCCCCC)[Si](OCC)(OCC)OCC)[Si](OCC)(OCC)OCC. The van der Waals surface area contributed by atoms with Crippen molar-refractivity contribution in [1.82, 2.24) is 0 Å². The van der Waals surface area contributed by atoms with Crippen LogP contribution in [-0.2, 0) is 26.6 Å². The van der Waals surface area contributed by atoms with Gasteiger partial charge in [0, 0.05) is 39.6 Å². The molecule has 6 nitrogen and oxygen atoms in total. The first-order chi connectivity index (χ1) is 21.5. The molecule has 44 heavy (non-hydrogen) atoms. The molecule has 0 saturated carbocycles. The largest absolute Gasteiger partial charge is 0.515 e. The summed E-state index contributed by atoms with van der Waals surface area (Å²) in [7, 11) is 1.77. The number of hydrogen-bond donors (Lipinski definition) is 0. The lowest BCUT2D eigenvalue weighted by atomic mass is 10.1. The molecule has 0 N–H and O–H groups in total. The zero-order valence-electron chi connectivity index (χ0n) is 29.8. The van der Waals surface area contributed by atoms with Crippen molar-refractivity contribution in [2.75, 3.05) is 39.6 Å². The van der Waals surface area contributed by atoms with Crippen molar-refractivity contribution in [1.29, 1.82) is 0 Å². The van der Waals surface area contributed by atoms with E-state index in [0.29, 0.717) is 39.6 Å². The van der Waals surface area contributed by atoms with E-state index in [2.05, 4.69) is 55.4 Å². The summed E-state index contributed by atoms with van der Waals surface area (Å²) in [6.45, 7) is 20.6. The Balaban J connectivity index is 5.55. The van der Waals surface area contributed by atoms with Crippen molar-refractivity contribution in [2.45, 2.75) is 168 Å². The van der Waals surface area contributed by atoms with Gasteiger partial charge >= 0.3 is 17.6 Å². The lowest BCUT2D eigenvalue weighted by Gasteiger charge is -2.35. The van der Waals surface area contributed by atoms with Gasteiger partial charge in [0.15, 0.2) is 0 Å². The van der Waals surface area contributed by atoms with Crippen molar-refractivity contribution < 1.29 is 26.6 Å². The maximum Gasteiger partial charge on any atom is 0.515 e. The van der Waals surface area contributed by atoms with Crippen LogP contribution in [0, 0.1) is 0 Å². The zero-order valence-corrected chi connectivity index (χ0v) is 35.1. The van der Waals surface area contributed by atoms with Crippen LogP contribution in [0.5, 0.6) is 0 Å². The van der Waals surface area contributed by atoms with Crippen molar-refractivity contribution in [3.8, 4) is 0 Å². The maximum atomic E-state index is 6.40. The first kappa shape index (κ1) is 45.6. The molecule has 12 heteroatoms. The van der Waals surface area contributed by atoms with Gasteiger partial charge in [-0.15, -0.1) is 0 Å². The fraction of sp³-hybridized carbons (Fsp3) is 1.00. The second-order valence-electron chi connectivity index (χ2n) is 10.9. The number of unbranched alkanes of at least 4 members (excludes halogenated alkanes) is 12. The Morgan fingerprint density at radius 3 is 0.864 bits per heavy atom. The smallest absolute Gasteiger partial charge is 0.373 e. The van der Waals surface area contributed by atoms with Gasteiger partial charge in [-0.3, -0.25) is 0 Å². The molecule has 0 aromatic rings. The molecule has 0 bridgehead atoms. The topological polar surface area (TPSA) is 55.4 Å². The van der Waals surface area contributed by atoms with E-state index in [1.54, 1.807) is 0 Å². The molecule has 0 fully saturated rings. The predicted octanol–water partition coefficient (Wildman–Crippen LogP) is 11.9. The third-order valence-corrected chi connectivity index (χ3v) is 23.7. The molecule has 0 aliphatic rings. The average Bonchev–Trinajstić information content (AvgIpc) is 3.00. The highest BCUT2D eigenvalue weighted by Gasteiger charge is 2.51. The van der Waals surface area contributed by atoms with Crippen molar-refractivity contribution in [3.63, 3.8) is 0 Å². The summed E-state index contributed by atoms with van der Waals surface area (Å²) >= 11 is 0. The molecule has 0 spiro atoms. The second kappa shape index (κ2) is 31.8. The van der Waals surface area contributed by atoms with Gasteiger partial charge in [-0.2, -0.15) is 0 Å². The summed E-state index contributed by atoms with van der Waals surface area (Å²) in [5.74, 6) is 0. The van der Waals surface area contributed by atoms with Gasteiger partial charge in [0.25, 0.3) is 0 Å². The highest BCUT2D eigenvalue weighted by molar-refractivity contribution is 9.26. The van der Waals surface area contributed by atoms with Crippen molar-refractivity contribution in [3.05, 3.63) is 0 Å². The minimum Gasteiger partial charge on any atom is -0.373 e. The number of rotatable bonds is 35.